The highest BCUT2D eigenvalue weighted by atomic mass is 16.5. The molecule has 0 aliphatic carbocycles. The van der Waals surface area contributed by atoms with E-state index < -0.39 is 5.97 Å². The van der Waals surface area contributed by atoms with Crippen molar-refractivity contribution in [1.29, 1.82) is 0 Å². The molecule has 0 amide bonds. The maximum Gasteiger partial charge on any atom is 0.339 e. The van der Waals surface area contributed by atoms with Crippen LogP contribution >= 0.6 is 0 Å². The number of para-hydroxylation sites is 1. The highest BCUT2D eigenvalue weighted by molar-refractivity contribution is 5.90. The van der Waals surface area contributed by atoms with Crippen LogP contribution in [-0.2, 0) is 6.42 Å². The van der Waals surface area contributed by atoms with E-state index in [0.717, 1.165) is 12.0 Å². The third-order valence-electron chi connectivity index (χ3n) is 2.76. The summed E-state index contributed by atoms with van der Waals surface area (Å²) in [6.45, 7) is 3.63. The van der Waals surface area contributed by atoms with E-state index in [-0.39, 0.29) is 17.1 Å². The SMILES string of the molecule is C=CCc1ccc(O)c(OC)c1.O=C(O)c1ccccc1O. The van der Waals surface area contributed by atoms with Crippen LogP contribution in [0.3, 0.4) is 0 Å². The van der Waals surface area contributed by atoms with Crippen molar-refractivity contribution in [2.24, 2.45) is 0 Å². The molecule has 5 nitrogen and oxygen atoms in total. The molecule has 5 heteroatoms. The van der Waals surface area contributed by atoms with Gasteiger partial charge in [0.1, 0.15) is 11.3 Å². The predicted molar refractivity (Wildman–Crippen MR) is 83.6 cm³/mol. The number of benzene rings is 2. The average Bonchev–Trinajstić information content (AvgIpc) is 2.50. The summed E-state index contributed by atoms with van der Waals surface area (Å²) in [6.07, 6.45) is 2.60. The third-order valence-corrected chi connectivity index (χ3v) is 2.76. The lowest BCUT2D eigenvalue weighted by atomic mass is 10.1. The number of hydrogen-bond acceptors (Lipinski definition) is 4. The van der Waals surface area contributed by atoms with Gasteiger partial charge in [-0.05, 0) is 36.2 Å². The summed E-state index contributed by atoms with van der Waals surface area (Å²) in [4.78, 5) is 10.3. The average molecular weight is 302 g/mol. The number of aromatic carboxylic acids is 1. The van der Waals surface area contributed by atoms with E-state index in [4.69, 9.17) is 14.9 Å². The van der Waals surface area contributed by atoms with Gasteiger partial charge in [-0.2, -0.15) is 0 Å². The third kappa shape index (κ3) is 4.86. The van der Waals surface area contributed by atoms with Gasteiger partial charge < -0.3 is 20.1 Å². The van der Waals surface area contributed by atoms with E-state index in [9.17, 15) is 9.90 Å². The Hall–Kier alpha value is -2.95. The Bertz CT molecular complexity index is 649. The van der Waals surface area contributed by atoms with Crippen molar-refractivity contribution in [2.45, 2.75) is 6.42 Å². The Morgan fingerprint density at radius 1 is 1.18 bits per heavy atom. The number of phenols is 2. The summed E-state index contributed by atoms with van der Waals surface area (Å²) in [5.74, 6) is -0.632. The molecule has 0 unspecified atom stereocenters. The minimum absolute atomic E-state index is 0.0671. The van der Waals surface area contributed by atoms with Gasteiger partial charge in [0, 0.05) is 0 Å². The van der Waals surface area contributed by atoms with Gasteiger partial charge >= 0.3 is 5.97 Å². The summed E-state index contributed by atoms with van der Waals surface area (Å²) in [5, 5.41) is 26.6. The van der Waals surface area contributed by atoms with E-state index in [0.29, 0.717) is 5.75 Å². The van der Waals surface area contributed by atoms with Crippen molar-refractivity contribution in [3.8, 4) is 17.2 Å². The molecular weight excluding hydrogens is 284 g/mol. The van der Waals surface area contributed by atoms with Crippen LogP contribution in [0.2, 0.25) is 0 Å². The van der Waals surface area contributed by atoms with Crippen molar-refractivity contribution in [3.05, 3.63) is 66.2 Å². The smallest absolute Gasteiger partial charge is 0.339 e. The van der Waals surface area contributed by atoms with Crippen molar-refractivity contribution in [1.82, 2.24) is 0 Å². The number of carboxylic acid groups (broad SMARTS) is 1. The van der Waals surface area contributed by atoms with Crippen LogP contribution in [0, 0.1) is 0 Å². The van der Waals surface area contributed by atoms with E-state index in [1.54, 1.807) is 24.3 Å². The molecule has 116 valence electrons. The number of phenolic OH excluding ortho intramolecular Hbond substituents is 1. The molecule has 0 radical (unpaired) electrons. The maximum absolute atomic E-state index is 10.3. The van der Waals surface area contributed by atoms with Gasteiger partial charge in [-0.25, -0.2) is 4.79 Å². The molecule has 3 N–H and O–H groups in total. The van der Waals surface area contributed by atoms with E-state index >= 15 is 0 Å². The molecule has 0 saturated carbocycles. The highest BCUT2D eigenvalue weighted by Crippen LogP contribution is 2.26. The van der Waals surface area contributed by atoms with Gasteiger partial charge in [-0.1, -0.05) is 24.3 Å². The Kier molecular flexibility index (Phi) is 6.50. The lowest BCUT2D eigenvalue weighted by Gasteiger charge is -2.04. The number of rotatable bonds is 4. The second-order valence-corrected chi connectivity index (χ2v) is 4.32. The first-order valence-electron chi connectivity index (χ1n) is 6.47. The van der Waals surface area contributed by atoms with E-state index in [1.807, 2.05) is 12.1 Å². The Morgan fingerprint density at radius 3 is 2.36 bits per heavy atom. The van der Waals surface area contributed by atoms with Crippen molar-refractivity contribution in [3.63, 3.8) is 0 Å². The van der Waals surface area contributed by atoms with Gasteiger partial charge in [0.05, 0.1) is 7.11 Å². The molecule has 0 heterocycles. The quantitative estimate of drug-likeness (QED) is 0.755. The summed E-state index contributed by atoms with van der Waals surface area (Å²) in [6, 6.07) is 11.1. The van der Waals surface area contributed by atoms with Gasteiger partial charge in [-0.3, -0.25) is 0 Å². The molecule has 22 heavy (non-hydrogen) atoms. The van der Waals surface area contributed by atoms with E-state index in [1.165, 1.54) is 19.2 Å². The monoisotopic (exact) mass is 302 g/mol. The fraction of sp³-hybridized carbons (Fsp3) is 0.118. The minimum atomic E-state index is -1.11. The van der Waals surface area contributed by atoms with Crippen LogP contribution in [-0.4, -0.2) is 28.4 Å². The van der Waals surface area contributed by atoms with Crippen molar-refractivity contribution in [2.75, 3.05) is 7.11 Å². The number of methoxy groups -OCH3 is 1. The van der Waals surface area contributed by atoms with Gasteiger partial charge in [0.25, 0.3) is 0 Å². The maximum atomic E-state index is 10.3. The lowest BCUT2D eigenvalue weighted by Crippen LogP contribution is -1.95. The topological polar surface area (TPSA) is 87.0 Å². The molecule has 2 aromatic carbocycles. The zero-order chi connectivity index (χ0) is 16.5. The Morgan fingerprint density at radius 2 is 1.86 bits per heavy atom. The number of hydrogen-bond donors (Lipinski definition) is 3. The molecule has 0 fully saturated rings. The van der Waals surface area contributed by atoms with Crippen LogP contribution in [0.4, 0.5) is 0 Å². The van der Waals surface area contributed by atoms with Crippen molar-refractivity contribution >= 4 is 5.97 Å². The second kappa shape index (κ2) is 8.36. The highest BCUT2D eigenvalue weighted by Gasteiger charge is 2.05. The Balaban J connectivity index is 0.000000224. The second-order valence-electron chi connectivity index (χ2n) is 4.32. The zero-order valence-corrected chi connectivity index (χ0v) is 12.2. The molecular formula is C17H18O5. The van der Waals surface area contributed by atoms with Gasteiger partial charge in [0.15, 0.2) is 11.5 Å². The minimum Gasteiger partial charge on any atom is -0.507 e. The molecule has 2 aromatic rings. The van der Waals surface area contributed by atoms with Crippen molar-refractivity contribution < 1.29 is 24.9 Å². The first-order valence-corrected chi connectivity index (χ1v) is 6.47. The van der Waals surface area contributed by atoms with Gasteiger partial charge in [-0.15, -0.1) is 6.58 Å². The number of allylic oxidation sites excluding steroid dienone is 1. The molecule has 0 aliphatic heterocycles. The summed E-state index contributed by atoms with van der Waals surface area (Å²) >= 11 is 0. The molecule has 2 rings (SSSR count). The lowest BCUT2D eigenvalue weighted by molar-refractivity contribution is 0.0693. The molecule has 0 spiro atoms. The summed E-state index contributed by atoms with van der Waals surface area (Å²) in [7, 11) is 1.53. The first-order chi connectivity index (χ1) is 10.5. The predicted octanol–water partition coefficient (Wildman–Crippen LogP) is 3.22. The normalized spacial score (nSPS) is 9.32. The number of carboxylic acids is 1. The molecule has 0 bridgehead atoms. The van der Waals surface area contributed by atoms with Crippen LogP contribution in [0.25, 0.3) is 0 Å². The van der Waals surface area contributed by atoms with Crippen LogP contribution < -0.4 is 4.74 Å². The molecule has 0 saturated heterocycles. The number of carbonyl (C=O) groups is 1. The fourth-order valence-electron chi connectivity index (χ4n) is 1.67. The largest absolute Gasteiger partial charge is 0.507 e. The van der Waals surface area contributed by atoms with E-state index in [2.05, 4.69) is 6.58 Å². The van der Waals surface area contributed by atoms with Crippen LogP contribution in [0.1, 0.15) is 15.9 Å². The zero-order valence-electron chi connectivity index (χ0n) is 12.2. The summed E-state index contributed by atoms with van der Waals surface area (Å²) < 4.78 is 4.95. The fourth-order valence-corrected chi connectivity index (χ4v) is 1.67. The molecule has 0 aliphatic rings. The molecule has 0 atom stereocenters. The van der Waals surface area contributed by atoms with Crippen LogP contribution in [0.15, 0.2) is 55.1 Å². The number of aromatic hydroxyl groups is 2. The first kappa shape index (κ1) is 17.1. The Labute approximate surface area is 128 Å². The van der Waals surface area contributed by atoms with Crippen LogP contribution in [0.5, 0.6) is 17.2 Å². The molecule has 0 aromatic heterocycles. The standard InChI is InChI=1S/C10H12O2.C7H6O3/c1-3-4-8-5-6-9(11)10(7-8)12-2;8-6-4-2-1-3-5(6)7(9)10/h3,5-7,11H,1,4H2,2H3;1-4,8H,(H,9,10). The summed E-state index contributed by atoms with van der Waals surface area (Å²) in [5.41, 5.74) is 1.02. The van der Waals surface area contributed by atoms with Gasteiger partial charge in [0.2, 0.25) is 0 Å². The number of ether oxygens (including phenoxy) is 1.